The minimum atomic E-state index is 0. The third-order valence-corrected chi connectivity index (χ3v) is 2.65. The average molecular weight is 416 g/mol. The normalized spacial score (nSPS) is 9.73. The molecule has 0 amide bonds. The molecular formula is C14H21IN6O. The van der Waals surface area contributed by atoms with Crippen LogP contribution in [0.4, 0.5) is 0 Å². The number of hydrogen-bond acceptors (Lipinski definition) is 5. The summed E-state index contributed by atoms with van der Waals surface area (Å²) >= 11 is 0. The molecule has 0 aliphatic carbocycles. The van der Waals surface area contributed by atoms with E-state index in [1.54, 1.807) is 6.20 Å². The van der Waals surface area contributed by atoms with Gasteiger partial charge >= 0.3 is 0 Å². The van der Waals surface area contributed by atoms with Gasteiger partial charge in [-0.15, -0.1) is 24.0 Å². The zero-order chi connectivity index (χ0) is 14.9. The number of hydrogen-bond donors (Lipinski definition) is 2. The second-order valence-corrected chi connectivity index (χ2v) is 4.27. The first-order valence-corrected chi connectivity index (χ1v) is 7.09. The van der Waals surface area contributed by atoms with Crippen LogP contribution in [0.5, 0.6) is 0 Å². The van der Waals surface area contributed by atoms with Crippen LogP contribution in [-0.4, -0.2) is 40.7 Å². The van der Waals surface area contributed by atoms with Gasteiger partial charge in [-0.3, -0.25) is 9.98 Å². The Kier molecular flexibility index (Phi) is 8.41. The molecule has 0 saturated carbocycles. The molecule has 2 aromatic rings. The lowest BCUT2D eigenvalue weighted by molar-refractivity contribution is 0.421. The summed E-state index contributed by atoms with van der Waals surface area (Å²) in [5.41, 5.74) is 0.681. The lowest BCUT2D eigenvalue weighted by Crippen LogP contribution is -2.37. The van der Waals surface area contributed by atoms with Crippen molar-refractivity contribution < 1.29 is 4.52 Å². The van der Waals surface area contributed by atoms with Crippen LogP contribution in [0.15, 0.2) is 33.9 Å². The van der Waals surface area contributed by atoms with Crippen molar-refractivity contribution in [3.05, 3.63) is 30.2 Å². The summed E-state index contributed by atoms with van der Waals surface area (Å²) in [6.07, 6.45) is 2.32. The van der Waals surface area contributed by atoms with Crippen LogP contribution in [0.3, 0.4) is 0 Å². The van der Waals surface area contributed by atoms with Gasteiger partial charge < -0.3 is 15.2 Å². The average Bonchev–Trinajstić information content (AvgIpc) is 2.97. The number of pyridine rings is 1. The van der Waals surface area contributed by atoms with Gasteiger partial charge in [0.1, 0.15) is 5.69 Å². The molecule has 0 bridgehead atoms. The maximum atomic E-state index is 5.20. The van der Waals surface area contributed by atoms with E-state index < -0.39 is 0 Å². The molecule has 2 heterocycles. The van der Waals surface area contributed by atoms with Crippen LogP contribution in [0, 0.1) is 0 Å². The van der Waals surface area contributed by atoms with Crippen LogP contribution < -0.4 is 10.6 Å². The molecule has 8 heteroatoms. The van der Waals surface area contributed by atoms with Gasteiger partial charge in [0.2, 0.25) is 0 Å². The van der Waals surface area contributed by atoms with Crippen molar-refractivity contribution >= 4 is 29.9 Å². The molecule has 0 radical (unpaired) electrons. The molecule has 120 valence electrons. The Morgan fingerprint density at radius 1 is 1.23 bits per heavy atom. The van der Waals surface area contributed by atoms with Crippen molar-refractivity contribution in [3.63, 3.8) is 0 Å². The second kappa shape index (κ2) is 10.1. The number of nitrogens with zero attached hydrogens (tertiary/aromatic N) is 4. The first kappa shape index (κ1) is 18.3. The second-order valence-electron chi connectivity index (χ2n) is 4.27. The Hall–Kier alpha value is -1.71. The van der Waals surface area contributed by atoms with Crippen LogP contribution in [0.2, 0.25) is 0 Å². The topological polar surface area (TPSA) is 88.2 Å². The van der Waals surface area contributed by atoms with Gasteiger partial charge in [-0.1, -0.05) is 11.2 Å². The zero-order valence-corrected chi connectivity index (χ0v) is 15.1. The van der Waals surface area contributed by atoms with Crippen LogP contribution >= 0.6 is 24.0 Å². The Morgan fingerprint density at radius 3 is 2.64 bits per heavy atom. The van der Waals surface area contributed by atoms with E-state index in [2.05, 4.69) is 30.8 Å². The summed E-state index contributed by atoms with van der Waals surface area (Å²) in [6, 6.07) is 5.57. The summed E-state index contributed by atoms with van der Waals surface area (Å²) in [5.74, 6) is 1.87. The highest BCUT2D eigenvalue weighted by molar-refractivity contribution is 14.0. The molecule has 0 saturated heterocycles. The van der Waals surface area contributed by atoms with E-state index in [0.29, 0.717) is 30.4 Å². The molecule has 22 heavy (non-hydrogen) atoms. The third-order valence-electron chi connectivity index (χ3n) is 2.65. The van der Waals surface area contributed by atoms with Crippen molar-refractivity contribution in [1.82, 2.24) is 25.8 Å². The van der Waals surface area contributed by atoms with Gasteiger partial charge in [0.05, 0.1) is 0 Å². The number of nitrogens with one attached hydrogen (secondary N) is 2. The van der Waals surface area contributed by atoms with Crippen LogP contribution in [0.25, 0.3) is 11.6 Å². The van der Waals surface area contributed by atoms with Gasteiger partial charge in [-0.05, 0) is 26.0 Å². The van der Waals surface area contributed by atoms with Gasteiger partial charge in [-0.2, -0.15) is 4.98 Å². The quantitative estimate of drug-likeness (QED) is 0.425. The largest absolute Gasteiger partial charge is 0.357 e. The first-order valence-electron chi connectivity index (χ1n) is 7.09. The number of halogens is 1. The fourth-order valence-electron chi connectivity index (χ4n) is 1.73. The fraction of sp³-hybridized carbons (Fsp3) is 0.429. The smallest absolute Gasteiger partial charge is 0.276 e. The molecule has 0 aliphatic heterocycles. The van der Waals surface area contributed by atoms with Gasteiger partial charge in [0.15, 0.2) is 11.8 Å². The minimum absolute atomic E-state index is 0. The van der Waals surface area contributed by atoms with E-state index in [1.807, 2.05) is 32.0 Å². The van der Waals surface area contributed by atoms with E-state index in [9.17, 15) is 0 Å². The molecule has 0 fully saturated rings. The van der Waals surface area contributed by atoms with E-state index >= 15 is 0 Å². The summed E-state index contributed by atoms with van der Waals surface area (Å²) in [6.45, 7) is 6.32. The maximum absolute atomic E-state index is 5.20. The van der Waals surface area contributed by atoms with Crippen molar-refractivity contribution in [2.24, 2.45) is 4.99 Å². The van der Waals surface area contributed by atoms with Crippen molar-refractivity contribution in [2.45, 2.75) is 20.3 Å². The molecular weight excluding hydrogens is 395 g/mol. The molecule has 0 atom stereocenters. The summed E-state index contributed by atoms with van der Waals surface area (Å²) < 4.78 is 5.20. The zero-order valence-electron chi connectivity index (χ0n) is 12.7. The van der Waals surface area contributed by atoms with Crippen molar-refractivity contribution in [3.8, 4) is 11.6 Å². The van der Waals surface area contributed by atoms with Crippen LogP contribution in [-0.2, 0) is 6.42 Å². The summed E-state index contributed by atoms with van der Waals surface area (Å²) in [7, 11) is 0. The summed E-state index contributed by atoms with van der Waals surface area (Å²) in [5, 5.41) is 10.3. The minimum Gasteiger partial charge on any atom is -0.357 e. The predicted molar refractivity (Wildman–Crippen MR) is 96.3 cm³/mol. The molecule has 2 rings (SSSR count). The summed E-state index contributed by atoms with van der Waals surface area (Å²) in [4.78, 5) is 12.9. The van der Waals surface area contributed by atoms with Gasteiger partial charge in [0.25, 0.3) is 5.89 Å². The van der Waals surface area contributed by atoms with E-state index in [4.69, 9.17) is 4.52 Å². The number of aliphatic imine (C=N–C) groups is 1. The standard InChI is InChI=1S/C14H20N6O.HI/c1-3-15-14(16-4-2)18-10-8-12-19-13(21-20-12)11-7-5-6-9-17-11;/h5-7,9H,3-4,8,10H2,1-2H3,(H2,15,16,18);1H. The Morgan fingerprint density at radius 2 is 2.00 bits per heavy atom. The Labute approximate surface area is 147 Å². The molecule has 0 aliphatic rings. The van der Waals surface area contributed by atoms with E-state index in [0.717, 1.165) is 19.0 Å². The lowest BCUT2D eigenvalue weighted by atomic mass is 10.3. The number of rotatable bonds is 6. The lowest BCUT2D eigenvalue weighted by Gasteiger charge is -2.08. The number of aromatic nitrogens is 3. The predicted octanol–water partition coefficient (Wildman–Crippen LogP) is 1.87. The third kappa shape index (κ3) is 5.58. The Balaban J connectivity index is 0.00000242. The van der Waals surface area contributed by atoms with Crippen LogP contribution in [0.1, 0.15) is 19.7 Å². The maximum Gasteiger partial charge on any atom is 0.276 e. The highest BCUT2D eigenvalue weighted by Crippen LogP contribution is 2.13. The number of guanidine groups is 1. The molecule has 0 aromatic carbocycles. The molecule has 2 N–H and O–H groups in total. The molecule has 7 nitrogen and oxygen atoms in total. The Bertz CT molecular complexity index is 564. The van der Waals surface area contributed by atoms with Crippen molar-refractivity contribution in [1.29, 1.82) is 0 Å². The molecule has 0 unspecified atom stereocenters. The van der Waals surface area contributed by atoms with E-state index in [-0.39, 0.29) is 24.0 Å². The van der Waals surface area contributed by atoms with Gasteiger partial charge in [-0.25, -0.2) is 0 Å². The first-order chi connectivity index (χ1) is 10.3. The highest BCUT2D eigenvalue weighted by atomic mass is 127. The monoisotopic (exact) mass is 416 g/mol. The van der Waals surface area contributed by atoms with Gasteiger partial charge in [0, 0.05) is 32.3 Å². The van der Waals surface area contributed by atoms with Crippen molar-refractivity contribution in [2.75, 3.05) is 19.6 Å². The van der Waals surface area contributed by atoms with E-state index in [1.165, 1.54) is 0 Å². The SMILES string of the molecule is CCNC(=NCCc1noc(-c2ccccn2)n1)NCC.I. The molecule has 0 spiro atoms. The fourth-order valence-corrected chi connectivity index (χ4v) is 1.73. The molecule has 2 aromatic heterocycles. The highest BCUT2D eigenvalue weighted by Gasteiger charge is 2.09.